The van der Waals surface area contributed by atoms with Gasteiger partial charge in [0.15, 0.2) is 0 Å². The van der Waals surface area contributed by atoms with Gasteiger partial charge in [0, 0.05) is 17.5 Å². The molecule has 4 nitrogen and oxygen atoms in total. The lowest BCUT2D eigenvalue weighted by Crippen LogP contribution is -2.31. The first-order chi connectivity index (χ1) is 9.81. The Morgan fingerprint density at radius 1 is 1.30 bits per heavy atom. The number of amides is 1. The number of hydrogen-bond donors (Lipinski definition) is 1. The molecule has 102 valence electrons. The maximum atomic E-state index is 12.6. The van der Waals surface area contributed by atoms with E-state index in [1.807, 2.05) is 41.1 Å². The van der Waals surface area contributed by atoms with Gasteiger partial charge in [-0.2, -0.15) is 11.3 Å². The van der Waals surface area contributed by atoms with E-state index < -0.39 is 0 Å². The van der Waals surface area contributed by atoms with E-state index in [4.69, 9.17) is 5.21 Å². The number of anilines is 1. The van der Waals surface area contributed by atoms with Crippen molar-refractivity contribution in [3.63, 3.8) is 0 Å². The van der Waals surface area contributed by atoms with E-state index in [2.05, 4.69) is 5.16 Å². The van der Waals surface area contributed by atoms with Crippen LogP contribution in [-0.4, -0.2) is 23.4 Å². The Labute approximate surface area is 121 Å². The summed E-state index contributed by atoms with van der Waals surface area (Å²) in [5.41, 5.74) is 2.99. The van der Waals surface area contributed by atoms with Crippen LogP contribution in [0.3, 0.4) is 0 Å². The van der Waals surface area contributed by atoms with Crippen LogP contribution in [0.4, 0.5) is 5.69 Å². The number of nitrogens with zero attached hydrogens (tertiary/aromatic N) is 2. The van der Waals surface area contributed by atoms with Crippen LogP contribution in [0.2, 0.25) is 0 Å². The van der Waals surface area contributed by atoms with E-state index in [1.54, 1.807) is 4.90 Å². The third-order valence-corrected chi connectivity index (χ3v) is 4.12. The van der Waals surface area contributed by atoms with Gasteiger partial charge in [0.25, 0.3) is 5.91 Å². The molecule has 3 rings (SSSR count). The van der Waals surface area contributed by atoms with Gasteiger partial charge in [-0.1, -0.05) is 23.4 Å². The monoisotopic (exact) mass is 286 g/mol. The lowest BCUT2D eigenvalue weighted by Gasteiger charge is -2.22. The minimum Gasteiger partial charge on any atom is -0.411 e. The Morgan fingerprint density at radius 2 is 2.15 bits per heavy atom. The summed E-state index contributed by atoms with van der Waals surface area (Å²) in [7, 11) is 0. The second-order valence-corrected chi connectivity index (χ2v) is 5.42. The molecule has 0 spiro atoms. The quantitative estimate of drug-likeness (QED) is 0.645. The van der Waals surface area contributed by atoms with Crippen LogP contribution in [0.25, 0.3) is 0 Å². The summed E-state index contributed by atoms with van der Waals surface area (Å²) in [5, 5.41) is 16.3. The zero-order valence-electron chi connectivity index (χ0n) is 10.8. The van der Waals surface area contributed by atoms with Gasteiger partial charge in [-0.15, -0.1) is 0 Å². The number of thiophene rings is 1. The van der Waals surface area contributed by atoms with E-state index in [1.165, 1.54) is 11.3 Å². The lowest BCUT2D eigenvalue weighted by atomic mass is 10.1. The highest BCUT2D eigenvalue weighted by atomic mass is 32.1. The Hall–Kier alpha value is -2.14. The van der Waals surface area contributed by atoms with Crippen molar-refractivity contribution in [2.45, 2.75) is 12.8 Å². The SMILES string of the molecule is O=C(c1ccsc1)N1CCC/C(=N/O)c2ccccc21. The Bertz CT molecular complexity index is 650. The van der Waals surface area contributed by atoms with Crippen LogP contribution in [0.15, 0.2) is 46.2 Å². The fourth-order valence-electron chi connectivity index (χ4n) is 2.47. The van der Waals surface area contributed by atoms with Crippen molar-refractivity contribution in [2.24, 2.45) is 5.16 Å². The second kappa shape index (κ2) is 5.46. The molecule has 1 N–H and O–H groups in total. The van der Waals surface area contributed by atoms with Crippen LogP contribution >= 0.6 is 11.3 Å². The van der Waals surface area contributed by atoms with E-state index in [-0.39, 0.29) is 5.91 Å². The third-order valence-electron chi connectivity index (χ3n) is 3.44. The van der Waals surface area contributed by atoms with E-state index in [0.29, 0.717) is 24.2 Å². The Balaban J connectivity index is 2.06. The number of rotatable bonds is 1. The molecule has 0 unspecified atom stereocenters. The number of hydrogen-bond acceptors (Lipinski definition) is 4. The van der Waals surface area contributed by atoms with Crippen molar-refractivity contribution in [3.8, 4) is 0 Å². The highest BCUT2D eigenvalue weighted by molar-refractivity contribution is 7.08. The molecule has 0 saturated carbocycles. The molecule has 0 saturated heterocycles. The van der Waals surface area contributed by atoms with Gasteiger partial charge in [-0.05, 0) is 30.4 Å². The number of carbonyl (C=O) groups is 1. The minimum absolute atomic E-state index is 0.00195. The predicted molar refractivity (Wildman–Crippen MR) is 80.0 cm³/mol. The molecule has 1 amide bonds. The molecule has 0 fully saturated rings. The highest BCUT2D eigenvalue weighted by Crippen LogP contribution is 2.28. The second-order valence-electron chi connectivity index (χ2n) is 4.64. The molecule has 0 bridgehead atoms. The van der Waals surface area contributed by atoms with E-state index in [0.717, 1.165) is 17.7 Å². The van der Waals surface area contributed by atoms with Gasteiger partial charge in [-0.3, -0.25) is 4.79 Å². The number of carbonyl (C=O) groups excluding carboxylic acids is 1. The standard InChI is InChI=1S/C15H14N2O2S/c18-15(11-7-9-20-10-11)17-8-3-5-13(16-19)12-4-1-2-6-14(12)17/h1-2,4,6-7,9-10,19H,3,5,8H2/b16-13-. The fourth-order valence-corrected chi connectivity index (χ4v) is 3.10. The molecular weight excluding hydrogens is 272 g/mol. The molecule has 1 aliphatic rings. The van der Waals surface area contributed by atoms with Crippen molar-refractivity contribution in [3.05, 3.63) is 52.2 Å². The topological polar surface area (TPSA) is 52.9 Å². The molecular formula is C15H14N2O2S. The number of para-hydroxylation sites is 1. The largest absolute Gasteiger partial charge is 0.411 e. The summed E-state index contributed by atoms with van der Waals surface area (Å²) in [5.74, 6) is -0.00195. The average Bonchev–Trinajstić information content (AvgIpc) is 2.95. The molecule has 0 aliphatic carbocycles. The maximum Gasteiger partial charge on any atom is 0.259 e. The zero-order chi connectivity index (χ0) is 13.9. The van der Waals surface area contributed by atoms with Crippen LogP contribution in [0.1, 0.15) is 28.8 Å². The van der Waals surface area contributed by atoms with E-state index >= 15 is 0 Å². The average molecular weight is 286 g/mol. The van der Waals surface area contributed by atoms with Gasteiger partial charge in [0.1, 0.15) is 0 Å². The van der Waals surface area contributed by atoms with Crippen LogP contribution in [0.5, 0.6) is 0 Å². The third kappa shape index (κ3) is 2.20. The molecule has 0 radical (unpaired) electrons. The first-order valence-corrected chi connectivity index (χ1v) is 7.40. The van der Waals surface area contributed by atoms with Crippen molar-refractivity contribution in [2.75, 3.05) is 11.4 Å². The molecule has 1 aromatic heterocycles. The van der Waals surface area contributed by atoms with Crippen LogP contribution in [0, 0.1) is 0 Å². The summed E-state index contributed by atoms with van der Waals surface area (Å²) >= 11 is 1.51. The number of oxime groups is 1. The fraction of sp³-hybridized carbons (Fsp3) is 0.200. The van der Waals surface area contributed by atoms with Crippen LogP contribution < -0.4 is 4.90 Å². The molecule has 0 atom stereocenters. The highest BCUT2D eigenvalue weighted by Gasteiger charge is 2.25. The molecule has 1 aromatic carbocycles. The summed E-state index contributed by atoms with van der Waals surface area (Å²) < 4.78 is 0. The first kappa shape index (κ1) is 12.9. The molecule has 5 heteroatoms. The van der Waals surface area contributed by atoms with Crippen LogP contribution in [-0.2, 0) is 0 Å². The van der Waals surface area contributed by atoms with Crippen molar-refractivity contribution < 1.29 is 10.0 Å². The van der Waals surface area contributed by atoms with Gasteiger partial charge in [-0.25, -0.2) is 0 Å². The van der Waals surface area contributed by atoms with Gasteiger partial charge >= 0.3 is 0 Å². The molecule has 1 aliphatic heterocycles. The zero-order valence-corrected chi connectivity index (χ0v) is 11.6. The van der Waals surface area contributed by atoms with Gasteiger partial charge in [0.05, 0.1) is 17.0 Å². The number of benzene rings is 1. The van der Waals surface area contributed by atoms with Crippen molar-refractivity contribution >= 4 is 28.6 Å². The van der Waals surface area contributed by atoms with Crippen molar-refractivity contribution in [1.29, 1.82) is 0 Å². The normalized spacial score (nSPS) is 16.8. The Kier molecular flexibility index (Phi) is 3.52. The summed E-state index contributed by atoms with van der Waals surface area (Å²) in [4.78, 5) is 14.4. The summed E-state index contributed by atoms with van der Waals surface area (Å²) in [6.07, 6.45) is 1.45. The minimum atomic E-state index is -0.00195. The van der Waals surface area contributed by atoms with Gasteiger partial charge in [0.2, 0.25) is 0 Å². The van der Waals surface area contributed by atoms with Gasteiger partial charge < -0.3 is 10.1 Å². The molecule has 20 heavy (non-hydrogen) atoms. The molecule has 2 heterocycles. The lowest BCUT2D eigenvalue weighted by molar-refractivity contribution is 0.0987. The predicted octanol–water partition coefficient (Wildman–Crippen LogP) is 3.37. The summed E-state index contributed by atoms with van der Waals surface area (Å²) in [6.45, 7) is 0.630. The summed E-state index contributed by atoms with van der Waals surface area (Å²) in [6, 6.07) is 9.41. The molecule has 2 aromatic rings. The smallest absolute Gasteiger partial charge is 0.259 e. The first-order valence-electron chi connectivity index (χ1n) is 6.45. The maximum absolute atomic E-state index is 12.6. The Morgan fingerprint density at radius 3 is 2.90 bits per heavy atom. The van der Waals surface area contributed by atoms with E-state index in [9.17, 15) is 4.79 Å². The number of fused-ring (bicyclic) bond motifs is 1. The van der Waals surface area contributed by atoms with Crippen molar-refractivity contribution in [1.82, 2.24) is 0 Å².